The molecule has 0 saturated heterocycles. The van der Waals surface area contributed by atoms with Crippen LogP contribution in [0, 0.1) is 6.92 Å². The molecular weight excluding hydrogens is 294 g/mol. The van der Waals surface area contributed by atoms with Crippen LogP contribution in [0.25, 0.3) is 0 Å². The lowest BCUT2D eigenvalue weighted by Gasteiger charge is -2.10. The molecule has 21 heavy (non-hydrogen) atoms. The standard InChI is InChI=1S/C15H14F2N2OS/c1-10-5-2-3-6-11(10)9-19-13(20)12-7-4-8-18-14(12)21-15(16)17/h2-8,15H,9H2,1H3,(H,19,20). The van der Waals surface area contributed by atoms with Gasteiger partial charge >= 0.3 is 0 Å². The predicted octanol–water partition coefficient (Wildman–Crippen LogP) is 3.63. The summed E-state index contributed by atoms with van der Waals surface area (Å²) in [4.78, 5) is 16.0. The molecule has 0 radical (unpaired) electrons. The highest BCUT2D eigenvalue weighted by molar-refractivity contribution is 7.99. The van der Waals surface area contributed by atoms with E-state index >= 15 is 0 Å². The number of aromatic nitrogens is 1. The fraction of sp³-hybridized carbons (Fsp3) is 0.200. The number of carbonyl (C=O) groups excluding carboxylic acids is 1. The van der Waals surface area contributed by atoms with E-state index in [-0.39, 0.29) is 22.4 Å². The Kier molecular flexibility index (Phi) is 5.27. The zero-order valence-electron chi connectivity index (χ0n) is 11.3. The molecule has 2 rings (SSSR count). The van der Waals surface area contributed by atoms with Crippen molar-refractivity contribution < 1.29 is 13.6 Å². The number of aryl methyl sites for hydroxylation is 1. The van der Waals surface area contributed by atoms with E-state index in [1.165, 1.54) is 12.3 Å². The van der Waals surface area contributed by atoms with Crippen molar-refractivity contribution in [2.75, 3.05) is 0 Å². The van der Waals surface area contributed by atoms with Crippen LogP contribution < -0.4 is 5.32 Å². The molecule has 1 aromatic heterocycles. The van der Waals surface area contributed by atoms with Crippen LogP contribution in [-0.2, 0) is 6.54 Å². The second kappa shape index (κ2) is 7.17. The molecule has 0 atom stereocenters. The topological polar surface area (TPSA) is 42.0 Å². The average Bonchev–Trinajstić information content (AvgIpc) is 2.46. The molecule has 110 valence electrons. The summed E-state index contributed by atoms with van der Waals surface area (Å²) in [7, 11) is 0. The Morgan fingerprint density at radius 2 is 2.05 bits per heavy atom. The summed E-state index contributed by atoms with van der Waals surface area (Å²) in [6, 6.07) is 10.7. The van der Waals surface area contributed by atoms with Crippen LogP contribution in [0.4, 0.5) is 8.78 Å². The van der Waals surface area contributed by atoms with Crippen LogP contribution in [-0.4, -0.2) is 16.6 Å². The maximum atomic E-state index is 12.5. The molecule has 6 heteroatoms. The van der Waals surface area contributed by atoms with E-state index < -0.39 is 11.7 Å². The zero-order valence-corrected chi connectivity index (χ0v) is 12.2. The van der Waals surface area contributed by atoms with Gasteiger partial charge in [-0.2, -0.15) is 8.78 Å². The normalized spacial score (nSPS) is 10.7. The molecule has 0 unspecified atom stereocenters. The van der Waals surface area contributed by atoms with Crippen LogP contribution in [0.15, 0.2) is 47.6 Å². The van der Waals surface area contributed by atoms with Gasteiger partial charge in [0.25, 0.3) is 11.7 Å². The van der Waals surface area contributed by atoms with Crippen molar-refractivity contribution in [3.63, 3.8) is 0 Å². The second-order valence-corrected chi connectivity index (χ2v) is 5.32. The first-order valence-electron chi connectivity index (χ1n) is 6.30. The third-order valence-corrected chi connectivity index (χ3v) is 3.64. The molecule has 1 aromatic carbocycles. The molecule has 0 spiro atoms. The molecule has 3 nitrogen and oxygen atoms in total. The van der Waals surface area contributed by atoms with Crippen molar-refractivity contribution in [1.82, 2.24) is 10.3 Å². The number of rotatable bonds is 5. The highest BCUT2D eigenvalue weighted by Gasteiger charge is 2.16. The highest BCUT2D eigenvalue weighted by atomic mass is 32.2. The Balaban J connectivity index is 2.09. The van der Waals surface area contributed by atoms with Gasteiger partial charge in [0.05, 0.1) is 5.56 Å². The van der Waals surface area contributed by atoms with Gasteiger partial charge < -0.3 is 5.32 Å². The van der Waals surface area contributed by atoms with Gasteiger partial charge in [0.1, 0.15) is 5.03 Å². The fourth-order valence-corrected chi connectivity index (χ4v) is 2.40. The number of amides is 1. The van der Waals surface area contributed by atoms with Crippen molar-refractivity contribution >= 4 is 17.7 Å². The van der Waals surface area contributed by atoms with Crippen LogP contribution in [0.2, 0.25) is 0 Å². The molecule has 2 aromatic rings. The Labute approximate surface area is 125 Å². The van der Waals surface area contributed by atoms with Gasteiger partial charge in [0.2, 0.25) is 0 Å². The molecule has 0 fully saturated rings. The number of halogens is 2. The minimum Gasteiger partial charge on any atom is -0.348 e. The monoisotopic (exact) mass is 308 g/mol. The van der Waals surface area contributed by atoms with E-state index in [0.717, 1.165) is 11.1 Å². The first-order chi connectivity index (χ1) is 10.1. The van der Waals surface area contributed by atoms with E-state index in [4.69, 9.17) is 0 Å². The number of hydrogen-bond donors (Lipinski definition) is 1. The predicted molar refractivity (Wildman–Crippen MR) is 78.4 cm³/mol. The van der Waals surface area contributed by atoms with Crippen LogP contribution in [0.1, 0.15) is 21.5 Å². The van der Waals surface area contributed by atoms with E-state index in [0.29, 0.717) is 6.54 Å². The van der Waals surface area contributed by atoms with Gasteiger partial charge in [-0.3, -0.25) is 4.79 Å². The molecule has 0 aliphatic carbocycles. The molecule has 0 aliphatic rings. The summed E-state index contributed by atoms with van der Waals surface area (Å²) in [6.07, 6.45) is 1.39. The summed E-state index contributed by atoms with van der Waals surface area (Å²) in [6.45, 7) is 2.29. The van der Waals surface area contributed by atoms with Gasteiger partial charge in [-0.15, -0.1) is 0 Å². The summed E-state index contributed by atoms with van der Waals surface area (Å²) in [5.74, 6) is -3.02. The van der Waals surface area contributed by atoms with Gasteiger partial charge in [-0.25, -0.2) is 4.98 Å². The SMILES string of the molecule is Cc1ccccc1CNC(=O)c1cccnc1SC(F)F. The molecule has 1 heterocycles. The Morgan fingerprint density at radius 3 is 2.76 bits per heavy atom. The van der Waals surface area contributed by atoms with Crippen molar-refractivity contribution in [2.24, 2.45) is 0 Å². The van der Waals surface area contributed by atoms with E-state index in [1.54, 1.807) is 6.07 Å². The van der Waals surface area contributed by atoms with E-state index in [9.17, 15) is 13.6 Å². The van der Waals surface area contributed by atoms with E-state index in [1.807, 2.05) is 31.2 Å². The number of nitrogens with one attached hydrogen (secondary N) is 1. The molecule has 0 saturated carbocycles. The minimum absolute atomic E-state index is 0.0368. The van der Waals surface area contributed by atoms with Crippen molar-refractivity contribution in [3.05, 3.63) is 59.3 Å². The summed E-state index contributed by atoms with van der Waals surface area (Å²) < 4.78 is 24.9. The van der Waals surface area contributed by atoms with Crippen molar-refractivity contribution in [2.45, 2.75) is 24.3 Å². The molecule has 1 amide bonds. The molecular formula is C15H14F2N2OS. The summed E-state index contributed by atoms with van der Waals surface area (Å²) >= 11 is 0.273. The lowest BCUT2D eigenvalue weighted by atomic mass is 10.1. The largest absolute Gasteiger partial charge is 0.348 e. The Bertz CT molecular complexity index is 635. The lowest BCUT2D eigenvalue weighted by Crippen LogP contribution is -2.24. The average molecular weight is 308 g/mol. The van der Waals surface area contributed by atoms with Gasteiger partial charge in [-0.1, -0.05) is 24.3 Å². The first kappa shape index (κ1) is 15.4. The third-order valence-electron chi connectivity index (χ3n) is 2.92. The van der Waals surface area contributed by atoms with Crippen LogP contribution >= 0.6 is 11.8 Å². The first-order valence-corrected chi connectivity index (χ1v) is 7.18. The number of hydrogen-bond acceptors (Lipinski definition) is 3. The minimum atomic E-state index is -2.61. The number of carbonyl (C=O) groups is 1. The van der Waals surface area contributed by atoms with Crippen molar-refractivity contribution in [3.8, 4) is 0 Å². The molecule has 0 aliphatic heterocycles. The number of benzene rings is 1. The van der Waals surface area contributed by atoms with Crippen molar-refractivity contribution in [1.29, 1.82) is 0 Å². The molecule has 1 N–H and O–H groups in total. The lowest BCUT2D eigenvalue weighted by molar-refractivity contribution is 0.0947. The number of alkyl halides is 2. The third kappa shape index (κ3) is 4.26. The second-order valence-electron chi connectivity index (χ2n) is 4.34. The van der Waals surface area contributed by atoms with E-state index in [2.05, 4.69) is 10.3 Å². The zero-order chi connectivity index (χ0) is 15.2. The Morgan fingerprint density at radius 1 is 1.29 bits per heavy atom. The van der Waals surface area contributed by atoms with Crippen LogP contribution in [0.5, 0.6) is 0 Å². The molecule has 0 bridgehead atoms. The van der Waals surface area contributed by atoms with Gasteiger partial charge in [0.15, 0.2) is 0 Å². The maximum absolute atomic E-state index is 12.5. The van der Waals surface area contributed by atoms with Gasteiger partial charge in [-0.05, 0) is 41.9 Å². The fourth-order valence-electron chi connectivity index (χ4n) is 1.82. The summed E-state index contributed by atoms with van der Waals surface area (Å²) in [5, 5.41) is 2.77. The van der Waals surface area contributed by atoms with Crippen LogP contribution in [0.3, 0.4) is 0 Å². The quantitative estimate of drug-likeness (QED) is 0.858. The van der Waals surface area contributed by atoms with Gasteiger partial charge in [0, 0.05) is 12.7 Å². The Hall–Kier alpha value is -1.95. The highest BCUT2D eigenvalue weighted by Crippen LogP contribution is 2.26. The number of nitrogens with zero attached hydrogens (tertiary/aromatic N) is 1. The summed E-state index contributed by atoms with van der Waals surface area (Å²) in [5.41, 5.74) is 2.21. The number of pyridine rings is 1. The number of thioether (sulfide) groups is 1. The maximum Gasteiger partial charge on any atom is 0.290 e. The smallest absolute Gasteiger partial charge is 0.290 e.